The van der Waals surface area contributed by atoms with Crippen LogP contribution in [0.25, 0.3) is 0 Å². The van der Waals surface area contributed by atoms with E-state index in [-0.39, 0.29) is 18.1 Å². The van der Waals surface area contributed by atoms with E-state index in [1.807, 2.05) is 31.7 Å². The predicted octanol–water partition coefficient (Wildman–Crippen LogP) is 3.84. The zero-order chi connectivity index (χ0) is 24.1. The average molecular weight is 471 g/mol. The molecule has 34 heavy (non-hydrogen) atoms. The fraction of sp³-hybridized carbons (Fsp3) is 0.704. The maximum absolute atomic E-state index is 13.2. The number of para-hydroxylation sites is 1. The number of carbonyl (C=O) groups excluding carboxylic acids is 2. The van der Waals surface area contributed by atoms with E-state index in [1.54, 1.807) is 0 Å². The van der Waals surface area contributed by atoms with Gasteiger partial charge in [0.1, 0.15) is 5.60 Å². The Balaban J connectivity index is 1.23. The van der Waals surface area contributed by atoms with Crippen molar-refractivity contribution in [2.45, 2.75) is 64.5 Å². The fourth-order valence-corrected chi connectivity index (χ4v) is 5.49. The first-order valence-electron chi connectivity index (χ1n) is 13.1. The molecule has 1 aromatic carbocycles. The molecular formula is C27H42N4O3. The summed E-state index contributed by atoms with van der Waals surface area (Å²) < 4.78 is 5.66. The molecule has 0 aliphatic carbocycles. The van der Waals surface area contributed by atoms with Crippen molar-refractivity contribution < 1.29 is 14.3 Å². The van der Waals surface area contributed by atoms with Crippen molar-refractivity contribution >= 4 is 17.7 Å². The lowest BCUT2D eigenvalue weighted by Crippen LogP contribution is -2.53. The molecule has 3 aliphatic rings. The normalized spacial score (nSPS) is 23.1. The van der Waals surface area contributed by atoms with Crippen LogP contribution < -0.4 is 4.90 Å². The summed E-state index contributed by atoms with van der Waals surface area (Å²) in [6.07, 6.45) is 4.88. The molecule has 0 aromatic heterocycles. The summed E-state index contributed by atoms with van der Waals surface area (Å²) in [5.41, 5.74) is 0.774. The summed E-state index contributed by atoms with van der Waals surface area (Å²) in [4.78, 5) is 34.7. The van der Waals surface area contributed by atoms with Crippen LogP contribution in [0, 0.1) is 5.92 Å². The van der Waals surface area contributed by atoms with Gasteiger partial charge in [-0.05, 0) is 78.1 Å². The number of likely N-dealkylation sites (tertiary alicyclic amines) is 2. The fourth-order valence-electron chi connectivity index (χ4n) is 5.49. The maximum Gasteiger partial charge on any atom is 0.410 e. The summed E-state index contributed by atoms with van der Waals surface area (Å²) in [5, 5.41) is 0. The first kappa shape index (κ1) is 24.8. The Morgan fingerprint density at radius 2 is 1.56 bits per heavy atom. The Labute approximate surface area is 205 Å². The Kier molecular flexibility index (Phi) is 8.02. The van der Waals surface area contributed by atoms with Gasteiger partial charge in [0.25, 0.3) is 0 Å². The molecule has 4 rings (SSSR count). The molecule has 0 saturated carbocycles. The molecule has 2 amide bonds. The molecule has 0 bridgehead atoms. The number of anilines is 1. The van der Waals surface area contributed by atoms with Gasteiger partial charge in [-0.25, -0.2) is 4.79 Å². The third-order valence-corrected chi connectivity index (χ3v) is 7.37. The van der Waals surface area contributed by atoms with Crippen LogP contribution in [0.2, 0.25) is 0 Å². The number of piperazine rings is 1. The second-order valence-electron chi connectivity index (χ2n) is 11.0. The highest BCUT2D eigenvalue weighted by molar-refractivity contribution is 5.79. The molecule has 1 aromatic rings. The van der Waals surface area contributed by atoms with Crippen LogP contribution in [0.3, 0.4) is 0 Å². The van der Waals surface area contributed by atoms with Crippen molar-refractivity contribution in [3.8, 4) is 0 Å². The minimum Gasteiger partial charge on any atom is -0.444 e. The number of rotatable bonds is 4. The van der Waals surface area contributed by atoms with Crippen molar-refractivity contribution in [2.75, 3.05) is 57.3 Å². The van der Waals surface area contributed by atoms with Crippen LogP contribution in [0.15, 0.2) is 30.3 Å². The van der Waals surface area contributed by atoms with Crippen molar-refractivity contribution in [1.82, 2.24) is 14.7 Å². The number of hydrogen-bond donors (Lipinski definition) is 0. The molecule has 0 N–H and O–H groups in total. The van der Waals surface area contributed by atoms with Crippen LogP contribution in [-0.2, 0) is 9.53 Å². The summed E-state index contributed by atoms with van der Waals surface area (Å²) in [6, 6.07) is 10.7. The maximum atomic E-state index is 13.2. The standard InChI is InChI=1S/C27H42N4O3/c1-27(2,3)34-26(33)31-14-8-7-11-24(31)21-28-15-12-22(13-16-28)25(32)30-19-17-29(18-20-30)23-9-5-4-6-10-23/h4-6,9-10,22,24H,7-8,11-21H2,1-3H3. The molecule has 7 nitrogen and oxygen atoms in total. The van der Waals surface area contributed by atoms with E-state index >= 15 is 0 Å². The Bertz CT molecular complexity index is 809. The number of ether oxygens (including phenoxy) is 1. The number of amides is 2. The van der Waals surface area contributed by atoms with Gasteiger partial charge >= 0.3 is 6.09 Å². The molecule has 3 fully saturated rings. The quantitative estimate of drug-likeness (QED) is 0.669. The van der Waals surface area contributed by atoms with Gasteiger partial charge in [0.05, 0.1) is 0 Å². The number of nitrogens with zero attached hydrogens (tertiary/aromatic N) is 4. The van der Waals surface area contributed by atoms with Crippen LogP contribution in [0.5, 0.6) is 0 Å². The second kappa shape index (κ2) is 11.0. The minimum atomic E-state index is -0.468. The molecular weight excluding hydrogens is 428 g/mol. The van der Waals surface area contributed by atoms with Gasteiger partial charge in [-0.1, -0.05) is 18.2 Å². The lowest BCUT2D eigenvalue weighted by atomic mass is 9.93. The number of benzene rings is 1. The average Bonchev–Trinajstić information content (AvgIpc) is 2.84. The first-order chi connectivity index (χ1) is 16.3. The summed E-state index contributed by atoms with van der Waals surface area (Å²) in [7, 11) is 0. The van der Waals surface area contributed by atoms with Crippen LogP contribution in [-0.4, -0.2) is 90.7 Å². The second-order valence-corrected chi connectivity index (χ2v) is 11.0. The van der Waals surface area contributed by atoms with Crippen molar-refractivity contribution in [3.63, 3.8) is 0 Å². The van der Waals surface area contributed by atoms with Crippen LogP contribution in [0.1, 0.15) is 52.9 Å². The van der Waals surface area contributed by atoms with Gasteiger partial charge in [-0.3, -0.25) is 4.79 Å². The number of carbonyl (C=O) groups is 2. The molecule has 3 saturated heterocycles. The van der Waals surface area contributed by atoms with E-state index in [4.69, 9.17) is 4.74 Å². The Morgan fingerprint density at radius 1 is 0.882 bits per heavy atom. The smallest absolute Gasteiger partial charge is 0.410 e. The van der Waals surface area contributed by atoms with E-state index in [0.29, 0.717) is 5.91 Å². The summed E-state index contributed by atoms with van der Waals surface area (Å²) in [5.74, 6) is 0.466. The molecule has 3 heterocycles. The van der Waals surface area contributed by atoms with Crippen LogP contribution in [0.4, 0.5) is 10.5 Å². The van der Waals surface area contributed by atoms with E-state index in [1.165, 1.54) is 5.69 Å². The molecule has 0 radical (unpaired) electrons. The predicted molar refractivity (Wildman–Crippen MR) is 135 cm³/mol. The zero-order valence-corrected chi connectivity index (χ0v) is 21.2. The summed E-state index contributed by atoms with van der Waals surface area (Å²) in [6.45, 7) is 12.7. The lowest BCUT2D eigenvalue weighted by molar-refractivity contribution is -0.137. The monoisotopic (exact) mass is 470 g/mol. The van der Waals surface area contributed by atoms with Crippen LogP contribution >= 0.6 is 0 Å². The third kappa shape index (κ3) is 6.44. The highest BCUT2D eigenvalue weighted by Crippen LogP contribution is 2.25. The van der Waals surface area contributed by atoms with E-state index in [9.17, 15) is 9.59 Å². The van der Waals surface area contributed by atoms with Crippen molar-refractivity contribution in [3.05, 3.63) is 30.3 Å². The van der Waals surface area contributed by atoms with Gasteiger partial charge in [0, 0.05) is 56.9 Å². The number of hydrogen-bond acceptors (Lipinski definition) is 5. The summed E-state index contributed by atoms with van der Waals surface area (Å²) >= 11 is 0. The topological polar surface area (TPSA) is 56.3 Å². The van der Waals surface area contributed by atoms with E-state index in [2.05, 4.69) is 39.0 Å². The Hall–Kier alpha value is -2.28. The molecule has 188 valence electrons. The highest BCUT2D eigenvalue weighted by Gasteiger charge is 2.34. The SMILES string of the molecule is CC(C)(C)OC(=O)N1CCCCC1CN1CCC(C(=O)N2CCN(c3ccccc3)CC2)CC1. The molecule has 3 aliphatic heterocycles. The zero-order valence-electron chi connectivity index (χ0n) is 21.2. The van der Waals surface area contributed by atoms with Gasteiger partial charge in [-0.15, -0.1) is 0 Å². The van der Waals surface area contributed by atoms with Gasteiger partial charge in [0.2, 0.25) is 5.91 Å². The largest absolute Gasteiger partial charge is 0.444 e. The lowest BCUT2D eigenvalue weighted by Gasteiger charge is -2.42. The van der Waals surface area contributed by atoms with Gasteiger partial charge < -0.3 is 24.3 Å². The van der Waals surface area contributed by atoms with E-state index in [0.717, 1.165) is 84.5 Å². The third-order valence-electron chi connectivity index (χ3n) is 7.37. The van der Waals surface area contributed by atoms with E-state index < -0.39 is 5.60 Å². The molecule has 0 spiro atoms. The molecule has 1 unspecified atom stereocenters. The van der Waals surface area contributed by atoms with Crippen molar-refractivity contribution in [2.24, 2.45) is 5.92 Å². The molecule has 7 heteroatoms. The highest BCUT2D eigenvalue weighted by atomic mass is 16.6. The van der Waals surface area contributed by atoms with Gasteiger partial charge in [0.15, 0.2) is 0 Å². The Morgan fingerprint density at radius 3 is 2.21 bits per heavy atom. The first-order valence-corrected chi connectivity index (χ1v) is 13.1. The van der Waals surface area contributed by atoms with Crippen molar-refractivity contribution in [1.29, 1.82) is 0 Å². The number of piperidine rings is 2. The van der Waals surface area contributed by atoms with Gasteiger partial charge in [-0.2, -0.15) is 0 Å². The minimum absolute atomic E-state index is 0.132. The molecule has 1 atom stereocenters.